The monoisotopic (exact) mass is 278 g/mol. The van der Waals surface area contributed by atoms with Crippen molar-refractivity contribution in [2.75, 3.05) is 19.8 Å². The van der Waals surface area contributed by atoms with E-state index in [1.165, 1.54) is 0 Å². The van der Waals surface area contributed by atoms with Crippen LogP contribution in [0.5, 0.6) is 0 Å². The van der Waals surface area contributed by atoms with Crippen LogP contribution in [0.15, 0.2) is 18.2 Å². The Morgan fingerprint density at radius 3 is 2.90 bits per heavy atom. The third kappa shape index (κ3) is 2.97. The highest BCUT2D eigenvalue weighted by atomic mass is 16.5. The van der Waals surface area contributed by atoms with Crippen LogP contribution in [0.2, 0.25) is 0 Å². The average molecular weight is 278 g/mol. The molecule has 1 aromatic carbocycles. The van der Waals surface area contributed by atoms with Gasteiger partial charge in [0.1, 0.15) is 5.82 Å². The summed E-state index contributed by atoms with van der Waals surface area (Å²) in [6.45, 7) is 3.35. The van der Waals surface area contributed by atoms with E-state index >= 15 is 0 Å². The van der Waals surface area contributed by atoms with Gasteiger partial charge in [-0.3, -0.25) is 0 Å². The number of ether oxygens (including phenoxy) is 1. The Labute approximate surface area is 116 Å². The summed E-state index contributed by atoms with van der Waals surface area (Å²) in [6, 6.07) is 5.10. The molecule has 6 heteroatoms. The van der Waals surface area contributed by atoms with E-state index in [2.05, 4.69) is 4.98 Å². The molecule has 108 valence electrons. The number of nitrogens with zero attached hydrogens (tertiary/aromatic N) is 2. The fraction of sp³-hybridized carbons (Fsp3) is 0.429. The number of aliphatic hydroxyl groups is 1. The molecule has 0 amide bonds. The minimum atomic E-state index is -0.951. The lowest BCUT2D eigenvalue weighted by Crippen LogP contribution is -2.08. The molecule has 0 fully saturated rings. The molecule has 0 aliphatic heterocycles. The van der Waals surface area contributed by atoms with Crippen LogP contribution < -0.4 is 0 Å². The molecule has 0 radical (unpaired) electrons. The average Bonchev–Trinajstić information content (AvgIpc) is 2.74. The van der Waals surface area contributed by atoms with Crippen molar-refractivity contribution in [1.82, 2.24) is 9.55 Å². The molecule has 0 aliphatic rings. The van der Waals surface area contributed by atoms with Crippen molar-refractivity contribution in [1.29, 1.82) is 0 Å². The van der Waals surface area contributed by atoms with Gasteiger partial charge in [-0.15, -0.1) is 0 Å². The summed E-state index contributed by atoms with van der Waals surface area (Å²) in [5, 5.41) is 17.9. The molecule has 1 heterocycles. The van der Waals surface area contributed by atoms with E-state index in [9.17, 15) is 9.90 Å². The standard InChI is InChI=1S/C14H18N2O4/c1-10-15-12-5-2-4-11(14(18)19)13(12)16(10)6-3-8-20-9-7-17/h2,4-5,17H,3,6-9H2,1H3,(H,18,19). The Bertz CT molecular complexity index is 606. The molecule has 0 saturated carbocycles. The molecule has 2 N–H and O–H groups in total. The maximum Gasteiger partial charge on any atom is 0.337 e. The molecule has 2 rings (SSSR count). The lowest BCUT2D eigenvalue weighted by Gasteiger charge is -2.08. The minimum absolute atomic E-state index is 0.0101. The number of rotatable bonds is 7. The number of para-hydroxylation sites is 1. The van der Waals surface area contributed by atoms with E-state index in [1.807, 2.05) is 17.6 Å². The topological polar surface area (TPSA) is 84.6 Å². The zero-order valence-corrected chi connectivity index (χ0v) is 11.4. The number of aromatic carboxylic acids is 1. The van der Waals surface area contributed by atoms with Crippen molar-refractivity contribution >= 4 is 17.0 Å². The highest BCUT2D eigenvalue weighted by molar-refractivity contribution is 6.01. The maximum atomic E-state index is 11.3. The third-order valence-electron chi connectivity index (χ3n) is 3.09. The van der Waals surface area contributed by atoms with Gasteiger partial charge in [0, 0.05) is 13.2 Å². The van der Waals surface area contributed by atoms with Crippen LogP contribution >= 0.6 is 0 Å². The highest BCUT2D eigenvalue weighted by Crippen LogP contribution is 2.21. The fourth-order valence-electron chi connectivity index (χ4n) is 2.24. The Hall–Kier alpha value is -1.92. The Balaban J connectivity index is 2.23. The first-order valence-electron chi connectivity index (χ1n) is 6.53. The van der Waals surface area contributed by atoms with Crippen LogP contribution in [0.1, 0.15) is 22.6 Å². The number of hydrogen-bond acceptors (Lipinski definition) is 4. The van der Waals surface area contributed by atoms with Gasteiger partial charge < -0.3 is 19.5 Å². The van der Waals surface area contributed by atoms with Gasteiger partial charge in [0.2, 0.25) is 0 Å². The van der Waals surface area contributed by atoms with Crippen molar-refractivity contribution in [3.63, 3.8) is 0 Å². The molecule has 0 unspecified atom stereocenters. The Kier molecular flexibility index (Phi) is 4.70. The van der Waals surface area contributed by atoms with Gasteiger partial charge in [0.15, 0.2) is 0 Å². The van der Waals surface area contributed by atoms with Crippen molar-refractivity contribution in [2.45, 2.75) is 19.9 Å². The van der Waals surface area contributed by atoms with Crippen molar-refractivity contribution < 1.29 is 19.7 Å². The first kappa shape index (κ1) is 14.5. The first-order valence-corrected chi connectivity index (χ1v) is 6.53. The second-order valence-corrected chi connectivity index (χ2v) is 4.48. The second kappa shape index (κ2) is 6.49. The van der Waals surface area contributed by atoms with Gasteiger partial charge in [-0.2, -0.15) is 0 Å². The van der Waals surface area contributed by atoms with Crippen LogP contribution in [-0.4, -0.2) is 45.6 Å². The molecule has 2 aromatic rings. The molecule has 6 nitrogen and oxygen atoms in total. The van der Waals surface area contributed by atoms with Gasteiger partial charge in [0.05, 0.1) is 29.8 Å². The highest BCUT2D eigenvalue weighted by Gasteiger charge is 2.15. The van der Waals surface area contributed by atoms with Crippen LogP contribution in [0, 0.1) is 6.92 Å². The number of carbonyl (C=O) groups is 1. The Morgan fingerprint density at radius 2 is 2.20 bits per heavy atom. The quantitative estimate of drug-likeness (QED) is 0.749. The predicted molar refractivity (Wildman–Crippen MR) is 74.0 cm³/mol. The summed E-state index contributed by atoms with van der Waals surface area (Å²) in [5.41, 5.74) is 1.61. The smallest absolute Gasteiger partial charge is 0.337 e. The number of aromatic nitrogens is 2. The molecule has 0 bridgehead atoms. The molecule has 20 heavy (non-hydrogen) atoms. The molecule has 0 saturated heterocycles. The van der Waals surface area contributed by atoms with Crippen LogP contribution in [0.4, 0.5) is 0 Å². The van der Waals surface area contributed by atoms with Gasteiger partial charge in [-0.1, -0.05) is 6.07 Å². The number of imidazole rings is 1. The zero-order valence-electron chi connectivity index (χ0n) is 11.4. The van der Waals surface area contributed by atoms with Crippen molar-refractivity contribution in [2.24, 2.45) is 0 Å². The Morgan fingerprint density at radius 1 is 1.40 bits per heavy atom. The predicted octanol–water partition coefficient (Wildman–Crippen LogP) is 1.44. The third-order valence-corrected chi connectivity index (χ3v) is 3.09. The molecular formula is C14H18N2O4. The normalized spacial score (nSPS) is 11.1. The van der Waals surface area contributed by atoms with E-state index in [0.717, 1.165) is 12.2 Å². The van der Waals surface area contributed by atoms with Gasteiger partial charge in [0.25, 0.3) is 0 Å². The first-order chi connectivity index (χ1) is 9.65. The molecular weight excluding hydrogens is 260 g/mol. The SMILES string of the molecule is Cc1nc2cccc(C(=O)O)c2n1CCCOCCO. The van der Waals surface area contributed by atoms with E-state index in [1.54, 1.807) is 12.1 Å². The van der Waals surface area contributed by atoms with Gasteiger partial charge in [-0.05, 0) is 25.5 Å². The summed E-state index contributed by atoms with van der Waals surface area (Å²) in [5.74, 6) is -0.163. The summed E-state index contributed by atoms with van der Waals surface area (Å²) < 4.78 is 7.11. The van der Waals surface area contributed by atoms with Crippen molar-refractivity contribution in [3.05, 3.63) is 29.6 Å². The van der Waals surface area contributed by atoms with E-state index < -0.39 is 5.97 Å². The van der Waals surface area contributed by atoms with Crippen LogP contribution in [0.25, 0.3) is 11.0 Å². The summed E-state index contributed by atoms with van der Waals surface area (Å²) in [6.07, 6.45) is 0.736. The fourth-order valence-corrected chi connectivity index (χ4v) is 2.24. The lowest BCUT2D eigenvalue weighted by atomic mass is 10.2. The number of aryl methyl sites for hydroxylation is 2. The summed E-state index contributed by atoms with van der Waals surface area (Å²) >= 11 is 0. The molecule has 0 aliphatic carbocycles. The van der Waals surface area contributed by atoms with Gasteiger partial charge in [-0.25, -0.2) is 9.78 Å². The number of benzene rings is 1. The number of hydrogen-bond donors (Lipinski definition) is 2. The summed E-state index contributed by atoms with van der Waals surface area (Å²) in [4.78, 5) is 15.7. The van der Waals surface area contributed by atoms with Crippen LogP contribution in [0.3, 0.4) is 0 Å². The van der Waals surface area contributed by atoms with Crippen molar-refractivity contribution in [3.8, 4) is 0 Å². The molecule has 0 spiro atoms. The van der Waals surface area contributed by atoms with E-state index in [-0.39, 0.29) is 12.2 Å². The number of carboxylic acids is 1. The lowest BCUT2D eigenvalue weighted by molar-refractivity contribution is 0.0698. The molecule has 0 atom stereocenters. The molecule has 1 aromatic heterocycles. The largest absolute Gasteiger partial charge is 0.478 e. The van der Waals surface area contributed by atoms with E-state index in [4.69, 9.17) is 9.84 Å². The zero-order chi connectivity index (χ0) is 14.5. The summed E-state index contributed by atoms with van der Waals surface area (Å²) in [7, 11) is 0. The second-order valence-electron chi connectivity index (χ2n) is 4.48. The number of carboxylic acid groups (broad SMARTS) is 1. The van der Waals surface area contributed by atoms with Crippen LogP contribution in [-0.2, 0) is 11.3 Å². The van der Waals surface area contributed by atoms with E-state index in [0.29, 0.717) is 30.8 Å². The maximum absolute atomic E-state index is 11.3. The number of fused-ring (bicyclic) bond motifs is 1. The number of aliphatic hydroxyl groups excluding tert-OH is 1. The minimum Gasteiger partial charge on any atom is -0.478 e. The van der Waals surface area contributed by atoms with Gasteiger partial charge >= 0.3 is 5.97 Å².